The van der Waals surface area contributed by atoms with Crippen LogP contribution >= 0.6 is 0 Å². The second-order valence-electron chi connectivity index (χ2n) is 7.40. The normalized spacial score (nSPS) is 28.0. The number of aliphatic hydroxyl groups is 2. The van der Waals surface area contributed by atoms with Gasteiger partial charge in [-0.2, -0.15) is 0 Å². The maximum absolute atomic E-state index is 10.8. The Morgan fingerprint density at radius 1 is 1.21 bits per heavy atom. The lowest BCUT2D eigenvalue weighted by molar-refractivity contribution is -0.152. The van der Waals surface area contributed by atoms with Gasteiger partial charge in [0.25, 0.3) is 0 Å². The minimum Gasteiger partial charge on any atom is -0.393 e. The molecule has 24 heavy (non-hydrogen) atoms. The molecule has 134 valence electrons. The first-order valence-corrected chi connectivity index (χ1v) is 8.85. The summed E-state index contributed by atoms with van der Waals surface area (Å²) in [6.07, 6.45) is 2.03. The van der Waals surface area contributed by atoms with Crippen molar-refractivity contribution >= 4 is 0 Å². The maximum Gasteiger partial charge on any atom is 0.108 e. The van der Waals surface area contributed by atoms with Crippen LogP contribution in [0.2, 0.25) is 0 Å². The summed E-state index contributed by atoms with van der Waals surface area (Å²) in [6, 6.07) is 8.34. The van der Waals surface area contributed by atoms with E-state index in [0.717, 1.165) is 6.54 Å². The van der Waals surface area contributed by atoms with Gasteiger partial charge in [-0.05, 0) is 12.5 Å². The average Bonchev–Trinajstić information content (AvgIpc) is 2.55. The second-order valence-corrected chi connectivity index (χ2v) is 7.40. The van der Waals surface area contributed by atoms with Crippen molar-refractivity contribution in [3.05, 3.63) is 35.4 Å². The van der Waals surface area contributed by atoms with Gasteiger partial charge in [-0.1, -0.05) is 29.8 Å². The predicted molar refractivity (Wildman–Crippen MR) is 92.1 cm³/mol. The molecule has 0 spiro atoms. The fraction of sp³-hybridized carbons (Fsp3) is 0.684. The SMILES string of the molecule is Cc1cccc(C[C@]2(CO)CN(CC3(O)CCOCC3)CCO2)c1. The fourth-order valence-corrected chi connectivity index (χ4v) is 3.84. The molecule has 0 amide bonds. The molecule has 5 heteroatoms. The first kappa shape index (κ1) is 17.8. The van der Waals surface area contributed by atoms with E-state index < -0.39 is 11.2 Å². The summed E-state index contributed by atoms with van der Waals surface area (Å²) in [4.78, 5) is 2.24. The molecule has 0 bridgehead atoms. The van der Waals surface area contributed by atoms with Crippen molar-refractivity contribution in [3.8, 4) is 0 Å². The van der Waals surface area contributed by atoms with Crippen molar-refractivity contribution in [3.63, 3.8) is 0 Å². The van der Waals surface area contributed by atoms with E-state index in [2.05, 4.69) is 30.0 Å². The van der Waals surface area contributed by atoms with Gasteiger partial charge >= 0.3 is 0 Å². The van der Waals surface area contributed by atoms with Gasteiger partial charge in [0.2, 0.25) is 0 Å². The van der Waals surface area contributed by atoms with Gasteiger partial charge in [-0.15, -0.1) is 0 Å². The molecule has 5 nitrogen and oxygen atoms in total. The van der Waals surface area contributed by atoms with Crippen LogP contribution in [0.3, 0.4) is 0 Å². The molecule has 2 fully saturated rings. The van der Waals surface area contributed by atoms with Gasteiger partial charge in [0, 0.05) is 52.1 Å². The summed E-state index contributed by atoms with van der Waals surface area (Å²) < 4.78 is 11.4. The molecule has 1 aromatic rings. The quantitative estimate of drug-likeness (QED) is 0.845. The van der Waals surface area contributed by atoms with Crippen molar-refractivity contribution in [1.82, 2.24) is 4.90 Å². The molecule has 2 saturated heterocycles. The zero-order valence-corrected chi connectivity index (χ0v) is 14.5. The monoisotopic (exact) mass is 335 g/mol. The zero-order valence-electron chi connectivity index (χ0n) is 14.5. The highest BCUT2D eigenvalue weighted by Crippen LogP contribution is 2.27. The Bertz CT molecular complexity index is 544. The molecule has 1 atom stereocenters. The smallest absolute Gasteiger partial charge is 0.108 e. The van der Waals surface area contributed by atoms with E-state index >= 15 is 0 Å². The molecule has 0 saturated carbocycles. The van der Waals surface area contributed by atoms with Crippen molar-refractivity contribution in [2.45, 2.75) is 37.4 Å². The Kier molecular flexibility index (Phi) is 5.57. The highest BCUT2D eigenvalue weighted by molar-refractivity contribution is 5.24. The lowest BCUT2D eigenvalue weighted by Gasteiger charge is -2.45. The van der Waals surface area contributed by atoms with Crippen LogP contribution in [0.25, 0.3) is 0 Å². The first-order chi connectivity index (χ1) is 11.5. The van der Waals surface area contributed by atoms with E-state index in [4.69, 9.17) is 9.47 Å². The lowest BCUT2D eigenvalue weighted by Crippen LogP contribution is -2.59. The van der Waals surface area contributed by atoms with Crippen LogP contribution in [0.5, 0.6) is 0 Å². The number of rotatable bonds is 5. The highest BCUT2D eigenvalue weighted by Gasteiger charge is 2.40. The third kappa shape index (κ3) is 4.35. The average molecular weight is 335 g/mol. The number of morpholine rings is 1. The van der Waals surface area contributed by atoms with Crippen molar-refractivity contribution in [2.75, 3.05) is 46.1 Å². The largest absolute Gasteiger partial charge is 0.393 e. The Morgan fingerprint density at radius 2 is 2.00 bits per heavy atom. The third-order valence-corrected chi connectivity index (χ3v) is 5.17. The second kappa shape index (κ2) is 7.50. The summed E-state index contributed by atoms with van der Waals surface area (Å²) in [7, 11) is 0. The van der Waals surface area contributed by atoms with Crippen LogP contribution in [0.4, 0.5) is 0 Å². The standard InChI is InChI=1S/C19H29NO4/c1-16-3-2-4-17(11-16)12-19(15-21)14-20(7-10-24-19)13-18(22)5-8-23-9-6-18/h2-4,11,21-22H,5-10,12-15H2,1H3/t19-/m1/s1. The van der Waals surface area contributed by atoms with E-state index in [0.29, 0.717) is 52.2 Å². The molecule has 0 aromatic heterocycles. The van der Waals surface area contributed by atoms with Gasteiger partial charge in [-0.3, -0.25) is 4.90 Å². The molecular formula is C19H29NO4. The van der Waals surface area contributed by atoms with E-state index in [-0.39, 0.29) is 6.61 Å². The molecule has 0 aliphatic carbocycles. The number of benzene rings is 1. The van der Waals surface area contributed by atoms with Crippen molar-refractivity contribution in [1.29, 1.82) is 0 Å². The summed E-state index contributed by atoms with van der Waals surface area (Å²) >= 11 is 0. The van der Waals surface area contributed by atoms with E-state index in [1.54, 1.807) is 0 Å². The maximum atomic E-state index is 10.8. The number of hydrogen-bond acceptors (Lipinski definition) is 5. The van der Waals surface area contributed by atoms with E-state index in [9.17, 15) is 10.2 Å². The van der Waals surface area contributed by atoms with Crippen LogP contribution in [0.15, 0.2) is 24.3 Å². The molecule has 2 aliphatic heterocycles. The van der Waals surface area contributed by atoms with Crippen LogP contribution in [-0.4, -0.2) is 72.4 Å². The molecule has 2 aliphatic rings. The Morgan fingerprint density at radius 3 is 2.71 bits per heavy atom. The summed E-state index contributed by atoms with van der Waals surface area (Å²) in [5.74, 6) is 0. The number of aryl methyl sites for hydroxylation is 1. The minimum absolute atomic E-state index is 0.0149. The molecule has 0 unspecified atom stereocenters. The number of nitrogens with zero attached hydrogens (tertiary/aromatic N) is 1. The summed E-state index contributed by atoms with van der Waals surface area (Å²) in [5, 5.41) is 20.8. The van der Waals surface area contributed by atoms with E-state index in [1.807, 2.05) is 6.07 Å². The van der Waals surface area contributed by atoms with Crippen molar-refractivity contribution < 1.29 is 19.7 Å². The minimum atomic E-state index is -0.680. The zero-order chi connectivity index (χ0) is 17.0. The van der Waals surface area contributed by atoms with Gasteiger partial charge in [0.15, 0.2) is 0 Å². The topological polar surface area (TPSA) is 62.2 Å². The van der Waals surface area contributed by atoms with Gasteiger partial charge in [0.05, 0.1) is 18.8 Å². The lowest BCUT2D eigenvalue weighted by atomic mass is 9.90. The Hall–Kier alpha value is -0.980. The molecular weight excluding hydrogens is 306 g/mol. The van der Waals surface area contributed by atoms with E-state index in [1.165, 1.54) is 11.1 Å². The van der Waals surface area contributed by atoms with Crippen LogP contribution in [0, 0.1) is 6.92 Å². The Balaban J connectivity index is 1.67. The Labute approximate surface area is 144 Å². The van der Waals surface area contributed by atoms with Gasteiger partial charge in [-0.25, -0.2) is 0 Å². The number of aliphatic hydroxyl groups excluding tert-OH is 1. The number of ether oxygens (including phenoxy) is 2. The van der Waals surface area contributed by atoms with Crippen LogP contribution in [0.1, 0.15) is 24.0 Å². The summed E-state index contributed by atoms with van der Waals surface area (Å²) in [5.41, 5.74) is 1.12. The van der Waals surface area contributed by atoms with Gasteiger partial charge < -0.3 is 19.7 Å². The van der Waals surface area contributed by atoms with Gasteiger partial charge in [0.1, 0.15) is 5.60 Å². The molecule has 0 radical (unpaired) electrons. The molecule has 3 rings (SSSR count). The summed E-state index contributed by atoms with van der Waals surface area (Å²) in [6.45, 7) is 5.93. The fourth-order valence-electron chi connectivity index (χ4n) is 3.84. The van der Waals surface area contributed by atoms with Crippen molar-refractivity contribution in [2.24, 2.45) is 0 Å². The molecule has 1 aromatic carbocycles. The van der Waals surface area contributed by atoms with Crippen LogP contribution < -0.4 is 0 Å². The highest BCUT2D eigenvalue weighted by atomic mass is 16.5. The number of hydrogen-bond donors (Lipinski definition) is 2. The third-order valence-electron chi connectivity index (χ3n) is 5.17. The molecule has 2 N–H and O–H groups in total. The number of β-amino-alcohol motifs (C(OH)–C–C–N with tert-alkyl or cyclic N) is 1. The van der Waals surface area contributed by atoms with Crippen LogP contribution in [-0.2, 0) is 15.9 Å². The first-order valence-electron chi connectivity index (χ1n) is 8.85. The predicted octanol–water partition coefficient (Wildman–Crippen LogP) is 1.14. The molecule has 2 heterocycles.